The van der Waals surface area contributed by atoms with Crippen LogP contribution in [-0.4, -0.2) is 30.0 Å². The molecule has 0 unspecified atom stereocenters. The lowest BCUT2D eigenvalue weighted by Crippen LogP contribution is -2.25. The molecule has 1 aliphatic heterocycles. The Morgan fingerprint density at radius 1 is 1.50 bits per heavy atom. The Morgan fingerprint density at radius 3 is 3.04 bits per heavy atom. The highest BCUT2D eigenvalue weighted by atomic mass is 32.2. The number of furan rings is 1. The van der Waals surface area contributed by atoms with Gasteiger partial charge < -0.3 is 14.5 Å². The SMILES string of the molecule is CCOc1cc2occ(C)c2cc1/C(C)=C/C(=O)NC1=NCCS1. The Morgan fingerprint density at radius 2 is 2.33 bits per heavy atom. The van der Waals surface area contributed by atoms with E-state index < -0.39 is 0 Å². The molecule has 126 valence electrons. The zero-order chi connectivity index (χ0) is 17.1. The first-order valence-corrected chi connectivity index (χ1v) is 8.88. The van der Waals surface area contributed by atoms with E-state index in [0.717, 1.165) is 40.0 Å². The normalized spacial score (nSPS) is 14.8. The average Bonchev–Trinajstić information content (AvgIpc) is 3.17. The highest BCUT2D eigenvalue weighted by Gasteiger charge is 2.14. The summed E-state index contributed by atoms with van der Waals surface area (Å²) >= 11 is 1.56. The van der Waals surface area contributed by atoms with Gasteiger partial charge in [-0.2, -0.15) is 0 Å². The minimum absolute atomic E-state index is 0.174. The van der Waals surface area contributed by atoms with Gasteiger partial charge in [0.1, 0.15) is 11.3 Å². The number of hydrogen-bond acceptors (Lipinski definition) is 5. The number of fused-ring (bicyclic) bond motifs is 1. The van der Waals surface area contributed by atoms with Crippen LogP contribution >= 0.6 is 11.8 Å². The Kier molecular flexibility index (Phi) is 4.94. The summed E-state index contributed by atoms with van der Waals surface area (Å²) < 4.78 is 11.3. The molecule has 0 spiro atoms. The van der Waals surface area contributed by atoms with Crippen LogP contribution in [0.25, 0.3) is 16.5 Å². The van der Waals surface area contributed by atoms with Crippen LogP contribution in [0.3, 0.4) is 0 Å². The zero-order valence-corrected chi connectivity index (χ0v) is 14.8. The molecule has 2 heterocycles. The van der Waals surface area contributed by atoms with Crippen molar-refractivity contribution in [1.82, 2.24) is 5.32 Å². The number of aryl methyl sites for hydroxylation is 1. The van der Waals surface area contributed by atoms with Crippen molar-refractivity contribution in [3.8, 4) is 5.75 Å². The molecule has 0 saturated heterocycles. The van der Waals surface area contributed by atoms with Crippen molar-refractivity contribution in [1.29, 1.82) is 0 Å². The van der Waals surface area contributed by atoms with E-state index in [1.807, 2.05) is 32.9 Å². The Bertz CT molecular complexity index is 836. The first-order chi connectivity index (χ1) is 11.6. The van der Waals surface area contributed by atoms with Crippen molar-refractivity contribution in [3.05, 3.63) is 35.6 Å². The molecule has 5 nitrogen and oxygen atoms in total. The molecule has 0 fully saturated rings. The molecule has 0 saturated carbocycles. The van der Waals surface area contributed by atoms with E-state index in [9.17, 15) is 4.79 Å². The fourth-order valence-corrected chi connectivity index (χ4v) is 3.32. The standard InChI is InChI=1S/C18H20N2O3S/c1-4-22-15-9-16-14(12(3)10-23-16)8-13(15)11(2)7-17(21)20-18-19-5-6-24-18/h7-10H,4-6H2,1-3H3,(H,19,20,21)/b11-7+. The van der Waals surface area contributed by atoms with E-state index in [1.165, 1.54) is 0 Å². The second-order valence-electron chi connectivity index (χ2n) is 5.55. The summed E-state index contributed by atoms with van der Waals surface area (Å²) in [5, 5.41) is 4.53. The van der Waals surface area contributed by atoms with Crippen LogP contribution in [0.5, 0.6) is 5.75 Å². The van der Waals surface area contributed by atoms with Crippen LogP contribution in [-0.2, 0) is 4.79 Å². The molecule has 6 heteroatoms. The van der Waals surface area contributed by atoms with Crippen LogP contribution in [0, 0.1) is 6.92 Å². The zero-order valence-electron chi connectivity index (χ0n) is 14.0. The van der Waals surface area contributed by atoms with E-state index in [4.69, 9.17) is 9.15 Å². The van der Waals surface area contributed by atoms with E-state index in [2.05, 4.69) is 10.3 Å². The summed E-state index contributed by atoms with van der Waals surface area (Å²) in [5.41, 5.74) is 3.57. The summed E-state index contributed by atoms with van der Waals surface area (Å²) in [6, 6.07) is 3.90. The molecule has 1 amide bonds. The third kappa shape index (κ3) is 3.48. The highest BCUT2D eigenvalue weighted by molar-refractivity contribution is 8.14. The molecular formula is C18H20N2O3S. The number of nitrogens with zero attached hydrogens (tertiary/aromatic N) is 1. The number of amidine groups is 1. The van der Waals surface area contributed by atoms with Gasteiger partial charge >= 0.3 is 0 Å². The fourth-order valence-electron chi connectivity index (χ4n) is 2.59. The molecule has 24 heavy (non-hydrogen) atoms. The van der Waals surface area contributed by atoms with E-state index >= 15 is 0 Å². The third-order valence-corrected chi connectivity index (χ3v) is 4.65. The lowest BCUT2D eigenvalue weighted by atomic mass is 10.0. The van der Waals surface area contributed by atoms with Gasteiger partial charge in [-0.05, 0) is 38.0 Å². The Hall–Kier alpha value is -2.21. The summed E-state index contributed by atoms with van der Waals surface area (Å²) in [6.45, 7) is 7.14. The highest BCUT2D eigenvalue weighted by Crippen LogP contribution is 2.33. The average molecular weight is 344 g/mol. The van der Waals surface area contributed by atoms with Crippen LogP contribution < -0.4 is 10.1 Å². The summed E-state index contributed by atoms with van der Waals surface area (Å²) in [5.74, 6) is 1.46. The monoisotopic (exact) mass is 344 g/mol. The smallest absolute Gasteiger partial charge is 0.250 e. The fraction of sp³-hybridized carbons (Fsp3) is 0.333. The molecule has 0 atom stereocenters. The van der Waals surface area contributed by atoms with Crippen molar-refractivity contribution in [3.63, 3.8) is 0 Å². The van der Waals surface area contributed by atoms with Crippen LogP contribution in [0.1, 0.15) is 25.0 Å². The van der Waals surface area contributed by atoms with E-state index in [0.29, 0.717) is 17.5 Å². The van der Waals surface area contributed by atoms with Crippen molar-refractivity contribution in [2.24, 2.45) is 4.99 Å². The van der Waals surface area contributed by atoms with Gasteiger partial charge in [0.05, 0.1) is 19.4 Å². The first-order valence-electron chi connectivity index (χ1n) is 7.90. The molecule has 1 aromatic carbocycles. The molecule has 0 aliphatic carbocycles. The predicted octanol–water partition coefficient (Wildman–Crippen LogP) is 3.76. The molecule has 2 aromatic rings. The van der Waals surface area contributed by atoms with Crippen molar-refractivity contribution in [2.75, 3.05) is 18.9 Å². The topological polar surface area (TPSA) is 63.8 Å². The molecule has 0 radical (unpaired) electrons. The molecule has 0 bridgehead atoms. The number of aliphatic imine (C=N–C) groups is 1. The minimum Gasteiger partial charge on any atom is -0.493 e. The van der Waals surface area contributed by atoms with Gasteiger partial charge in [0.2, 0.25) is 5.91 Å². The van der Waals surface area contributed by atoms with Gasteiger partial charge in [0.25, 0.3) is 0 Å². The van der Waals surface area contributed by atoms with Gasteiger partial charge in [0.15, 0.2) is 5.17 Å². The Balaban J connectivity index is 1.92. The van der Waals surface area contributed by atoms with Gasteiger partial charge in [0, 0.05) is 28.8 Å². The van der Waals surface area contributed by atoms with Gasteiger partial charge in [-0.25, -0.2) is 0 Å². The van der Waals surface area contributed by atoms with Crippen LogP contribution in [0.15, 0.2) is 33.9 Å². The molecule has 3 rings (SSSR count). The second-order valence-corrected chi connectivity index (χ2v) is 6.63. The van der Waals surface area contributed by atoms with Crippen LogP contribution in [0.2, 0.25) is 0 Å². The van der Waals surface area contributed by atoms with Crippen molar-refractivity contribution < 1.29 is 13.9 Å². The van der Waals surface area contributed by atoms with E-state index in [1.54, 1.807) is 24.1 Å². The number of benzene rings is 1. The number of nitrogens with one attached hydrogen (secondary N) is 1. The number of thioether (sulfide) groups is 1. The van der Waals surface area contributed by atoms with Crippen molar-refractivity contribution >= 4 is 39.4 Å². The first kappa shape index (κ1) is 16.6. The number of hydrogen-bond donors (Lipinski definition) is 1. The van der Waals surface area contributed by atoms with Gasteiger partial charge in [-0.1, -0.05) is 11.8 Å². The maximum absolute atomic E-state index is 12.2. The quantitative estimate of drug-likeness (QED) is 0.858. The number of allylic oxidation sites excluding steroid dienone is 1. The lowest BCUT2D eigenvalue weighted by Gasteiger charge is -2.11. The van der Waals surface area contributed by atoms with E-state index in [-0.39, 0.29) is 5.91 Å². The predicted molar refractivity (Wildman–Crippen MR) is 98.7 cm³/mol. The molecule has 1 N–H and O–H groups in total. The third-order valence-electron chi connectivity index (χ3n) is 3.76. The van der Waals surface area contributed by atoms with Gasteiger partial charge in [-0.3, -0.25) is 9.79 Å². The number of rotatable bonds is 4. The van der Waals surface area contributed by atoms with Crippen LogP contribution in [0.4, 0.5) is 0 Å². The van der Waals surface area contributed by atoms with Gasteiger partial charge in [-0.15, -0.1) is 0 Å². The molecular weight excluding hydrogens is 324 g/mol. The maximum Gasteiger partial charge on any atom is 0.250 e. The number of carbonyl (C=O) groups is 1. The number of carbonyl (C=O) groups excluding carboxylic acids is 1. The van der Waals surface area contributed by atoms with Crippen molar-refractivity contribution in [2.45, 2.75) is 20.8 Å². The number of ether oxygens (including phenoxy) is 1. The summed E-state index contributed by atoms with van der Waals surface area (Å²) in [6.07, 6.45) is 3.31. The summed E-state index contributed by atoms with van der Waals surface area (Å²) in [7, 11) is 0. The molecule has 1 aliphatic rings. The number of amides is 1. The minimum atomic E-state index is -0.174. The maximum atomic E-state index is 12.2. The summed E-state index contributed by atoms with van der Waals surface area (Å²) in [4.78, 5) is 16.4. The Labute approximate surface area is 145 Å². The second kappa shape index (κ2) is 7.13. The largest absolute Gasteiger partial charge is 0.493 e. The lowest BCUT2D eigenvalue weighted by molar-refractivity contribution is -0.115. The molecule has 1 aromatic heterocycles.